The maximum atomic E-state index is 15.9. The predicted octanol–water partition coefficient (Wildman–Crippen LogP) is 13.5. The third-order valence-corrected chi connectivity index (χ3v) is 16.1. The van der Waals surface area contributed by atoms with E-state index in [1.54, 1.807) is 125 Å². The van der Waals surface area contributed by atoms with Gasteiger partial charge in [-0.2, -0.15) is 0 Å². The van der Waals surface area contributed by atoms with E-state index in [1.807, 2.05) is 0 Å². The standard InChI is InChI=1S/C72H66N6O18/c1-67(2,3)91-61(85)73-49-25-31-39-21-45-34-28-51(39)75(63(87)93-69(7,8)9)56(80)44(31)19-37(49)32-26-50-38(20-43(32)55(73)79)33-27-52-40(22-46(33)58(82)74(50)62(86)92-68(4,5)6)35-29-54-42(24-48(35)59(83)76(52)64(88)94-70(10,11)12)36-30-53(77(57(45)81)65(89)95-71(13,14)15)41(34)23-47(36)60(84)78(54)66(90)96-72(16,17)18/h19-30H,1-18H3. The monoisotopic (exact) mass is 1300 g/mol. The lowest BCUT2D eigenvalue weighted by Gasteiger charge is -2.24. The normalized spacial score (nSPS) is 13.2. The number of nitrogens with zero attached hydrogens (tertiary/aromatic N) is 6. The van der Waals surface area contributed by atoms with Crippen LogP contribution in [0, 0.1) is 0 Å². The summed E-state index contributed by atoms with van der Waals surface area (Å²) in [7, 11) is 0. The number of carbonyl (C=O) groups excluding carboxylic acids is 6. The van der Waals surface area contributed by atoms with Crippen molar-refractivity contribution in [1.29, 1.82) is 0 Å². The Bertz CT molecular complexity index is 5200. The van der Waals surface area contributed by atoms with Crippen LogP contribution in [0.2, 0.25) is 0 Å². The van der Waals surface area contributed by atoms with Crippen LogP contribution in [-0.2, 0) is 28.4 Å². The molecule has 6 aromatic carbocycles. The fourth-order valence-corrected chi connectivity index (χ4v) is 12.6. The van der Waals surface area contributed by atoms with Gasteiger partial charge in [0.1, 0.15) is 33.6 Å². The Hall–Kier alpha value is -11.0. The van der Waals surface area contributed by atoms with Gasteiger partial charge in [0.05, 0.1) is 33.1 Å². The molecule has 0 saturated carbocycles. The quantitative estimate of drug-likeness (QED) is 0.0774. The van der Waals surface area contributed by atoms with Gasteiger partial charge in [-0.3, -0.25) is 28.8 Å². The minimum atomic E-state index is -1.25. The molecule has 24 nitrogen and oxygen atoms in total. The molecule has 0 saturated heterocycles. The van der Waals surface area contributed by atoms with Crippen molar-refractivity contribution in [3.8, 4) is 0 Å². The summed E-state index contributed by atoms with van der Waals surface area (Å²) in [6, 6.07) is 15.7. The van der Waals surface area contributed by atoms with Crippen molar-refractivity contribution in [3.05, 3.63) is 135 Å². The van der Waals surface area contributed by atoms with Crippen molar-refractivity contribution < 1.29 is 57.2 Å². The maximum absolute atomic E-state index is 15.9. The molecule has 24 heteroatoms. The van der Waals surface area contributed by atoms with E-state index >= 15 is 57.5 Å². The molecule has 0 radical (unpaired) electrons. The molecule has 0 fully saturated rings. The summed E-state index contributed by atoms with van der Waals surface area (Å²) in [6.07, 6.45) is -7.22. The summed E-state index contributed by atoms with van der Waals surface area (Å²) in [5.41, 5.74) is -15.0. The molecule has 0 aliphatic rings. The highest BCUT2D eigenvalue weighted by molar-refractivity contribution is 6.27. The van der Waals surface area contributed by atoms with Crippen molar-refractivity contribution in [3.63, 3.8) is 0 Å². The molecule has 0 atom stereocenters. The Morgan fingerprint density at radius 3 is 0.417 bits per heavy atom. The van der Waals surface area contributed by atoms with E-state index in [4.69, 9.17) is 28.4 Å². The Balaban J connectivity index is 1.42. The van der Waals surface area contributed by atoms with Crippen LogP contribution in [0.25, 0.3) is 130 Å². The first kappa shape index (κ1) is 63.7. The fourth-order valence-electron chi connectivity index (χ4n) is 12.6. The molecule has 6 heterocycles. The SMILES string of the molecule is CC(C)(C)OC(=O)n1c(=O)c2cc3c4cc5c6cc4c(=O)n(C(=O)OC(C)(C)C)c3cc2c2cc3c(=O)n(C(=O)OC(C)(C)C)c4cc7c(cc4c3cc21)c(=O)n(C(=O)OC(C)(C)C)c1cc2c(cc71)c(=O)n(C(=O)OC(C)(C)C)c1cc6c(cc21)c(=O)n5C(=O)OC(C)(C)C. The van der Waals surface area contributed by atoms with Crippen LogP contribution in [0.3, 0.4) is 0 Å². The number of rotatable bonds is 0. The number of aromatic nitrogens is 6. The van der Waals surface area contributed by atoms with E-state index in [0.717, 1.165) is 27.4 Å². The van der Waals surface area contributed by atoms with Gasteiger partial charge in [0.25, 0.3) is 33.4 Å². The molecule has 96 heavy (non-hydrogen) atoms. The second-order valence-corrected chi connectivity index (χ2v) is 30.2. The van der Waals surface area contributed by atoms with Gasteiger partial charge >= 0.3 is 36.6 Å². The van der Waals surface area contributed by atoms with Gasteiger partial charge in [-0.25, -0.2) is 56.2 Å². The molecular formula is C72H66N6O18. The highest BCUT2D eigenvalue weighted by Gasteiger charge is 2.34. The molecule has 12 rings (SSSR count). The smallest absolute Gasteiger partial charge is 0.422 e. The van der Waals surface area contributed by atoms with E-state index in [1.165, 1.54) is 72.8 Å². The lowest BCUT2D eigenvalue weighted by molar-refractivity contribution is 0.0527. The molecule has 0 amide bonds. The van der Waals surface area contributed by atoms with Gasteiger partial charge in [0.2, 0.25) is 0 Å². The largest absolute Gasteiger partial charge is 0.443 e. The Labute approximate surface area is 542 Å². The van der Waals surface area contributed by atoms with E-state index in [9.17, 15) is 0 Å². The molecular weight excluding hydrogens is 1240 g/mol. The molecule has 0 spiro atoms. The predicted molar refractivity (Wildman–Crippen MR) is 365 cm³/mol. The Kier molecular flexibility index (Phi) is 13.4. The van der Waals surface area contributed by atoms with Crippen LogP contribution in [0.5, 0.6) is 0 Å². The van der Waals surface area contributed by atoms with Crippen LogP contribution in [0.15, 0.2) is 102 Å². The first-order valence-electron chi connectivity index (χ1n) is 30.9. The third-order valence-electron chi connectivity index (χ3n) is 16.1. The summed E-state index contributed by atoms with van der Waals surface area (Å²) in [6.45, 7) is 28.3. The van der Waals surface area contributed by atoms with Gasteiger partial charge in [-0.05, 0) is 230 Å². The summed E-state index contributed by atoms with van der Waals surface area (Å²) < 4.78 is 40.1. The molecule has 0 unspecified atom stereocenters. The summed E-state index contributed by atoms with van der Waals surface area (Å²) in [4.78, 5) is 185. The maximum Gasteiger partial charge on any atom is 0.422 e. The van der Waals surface area contributed by atoms with Gasteiger partial charge in [-0.1, -0.05) is 0 Å². The van der Waals surface area contributed by atoms with Crippen LogP contribution >= 0.6 is 0 Å². The zero-order valence-electron chi connectivity index (χ0n) is 56.0. The number of hydrogen-bond donors (Lipinski definition) is 0. The highest BCUT2D eigenvalue weighted by atomic mass is 16.6. The summed E-state index contributed by atoms with van der Waals surface area (Å²) in [5.74, 6) is 0. The number of hydrogen-bond acceptors (Lipinski definition) is 18. The third kappa shape index (κ3) is 10.1. The van der Waals surface area contributed by atoms with Crippen molar-refractivity contribution in [1.82, 2.24) is 27.4 Å². The molecule has 492 valence electrons. The minimum Gasteiger partial charge on any atom is -0.443 e. The summed E-state index contributed by atoms with van der Waals surface area (Å²) in [5, 5.41) is -2.44. The zero-order valence-corrected chi connectivity index (χ0v) is 56.0. The number of benzene rings is 6. The van der Waals surface area contributed by atoms with Crippen molar-refractivity contribution in [2.24, 2.45) is 0 Å². The minimum absolute atomic E-state index is 0.0596. The van der Waals surface area contributed by atoms with Crippen LogP contribution < -0.4 is 33.4 Å². The van der Waals surface area contributed by atoms with Crippen LogP contribution in [0.1, 0.15) is 125 Å². The van der Waals surface area contributed by atoms with Gasteiger partial charge < -0.3 is 28.4 Å². The second-order valence-electron chi connectivity index (χ2n) is 30.2. The Morgan fingerprint density at radius 2 is 0.312 bits per heavy atom. The molecule has 0 bridgehead atoms. The second kappa shape index (κ2) is 20.2. The average Bonchev–Trinajstić information content (AvgIpc) is 0.701. The molecule has 6 aromatic heterocycles. The van der Waals surface area contributed by atoms with E-state index in [2.05, 4.69) is 0 Å². The number of pyridine rings is 6. The van der Waals surface area contributed by atoms with Gasteiger partial charge in [0, 0.05) is 64.6 Å². The van der Waals surface area contributed by atoms with Crippen molar-refractivity contribution >= 4 is 167 Å². The first-order chi connectivity index (χ1) is 44.3. The number of fused-ring (bicyclic) bond motifs is 18. The van der Waals surface area contributed by atoms with Gasteiger partial charge in [0.15, 0.2) is 0 Å². The van der Waals surface area contributed by atoms with Crippen molar-refractivity contribution in [2.45, 2.75) is 158 Å². The van der Waals surface area contributed by atoms with Crippen molar-refractivity contribution in [2.75, 3.05) is 0 Å². The topological polar surface area (TPSA) is 290 Å². The van der Waals surface area contributed by atoms with E-state index < -0.39 is 104 Å². The lowest BCUT2D eigenvalue weighted by atomic mass is 9.94. The number of ether oxygens (including phenoxy) is 6. The molecule has 12 aromatic rings. The summed E-state index contributed by atoms with van der Waals surface area (Å²) >= 11 is 0. The number of carbonyl (C=O) groups is 6. The van der Waals surface area contributed by atoms with Crippen LogP contribution in [0.4, 0.5) is 28.8 Å². The van der Waals surface area contributed by atoms with E-state index in [0.29, 0.717) is 0 Å². The molecule has 0 aliphatic carbocycles. The molecule has 0 aliphatic heterocycles. The fraction of sp³-hybridized carbons (Fsp3) is 0.333. The average molecular weight is 1300 g/mol. The lowest BCUT2D eigenvalue weighted by Crippen LogP contribution is -2.35. The molecule has 0 N–H and O–H groups in total. The first-order valence-corrected chi connectivity index (χ1v) is 30.9. The Morgan fingerprint density at radius 1 is 0.198 bits per heavy atom. The van der Waals surface area contributed by atoms with Gasteiger partial charge in [-0.15, -0.1) is 0 Å². The van der Waals surface area contributed by atoms with E-state index in [-0.39, 0.29) is 130 Å². The van der Waals surface area contributed by atoms with Crippen LogP contribution in [-0.4, -0.2) is 97.6 Å². The highest BCUT2D eigenvalue weighted by Crippen LogP contribution is 2.41. The zero-order chi connectivity index (χ0) is 70.0.